The van der Waals surface area contributed by atoms with Crippen molar-refractivity contribution in [2.24, 2.45) is 5.16 Å². The number of benzene rings is 3. The van der Waals surface area contributed by atoms with Gasteiger partial charge in [0, 0.05) is 10.6 Å². The highest BCUT2D eigenvalue weighted by Crippen LogP contribution is 2.27. The van der Waals surface area contributed by atoms with E-state index in [1.54, 1.807) is 24.3 Å². The molecule has 3 aromatic carbocycles. The summed E-state index contributed by atoms with van der Waals surface area (Å²) in [5.74, 6) is -0.265. The first kappa shape index (κ1) is 22.4. The summed E-state index contributed by atoms with van der Waals surface area (Å²) in [4.78, 5) is 16.3. The van der Waals surface area contributed by atoms with Gasteiger partial charge < -0.3 is 14.7 Å². The van der Waals surface area contributed by atoms with Crippen LogP contribution in [0.3, 0.4) is 0 Å². The molecule has 0 spiro atoms. The van der Waals surface area contributed by atoms with Crippen LogP contribution in [0.15, 0.2) is 78.0 Å². The SMILES string of the molecule is CC/C(=N\OCCOc1cccc(CC(=O)O)c1)c1ccc(-c2ccccc2Cl)cc1. The van der Waals surface area contributed by atoms with E-state index in [2.05, 4.69) is 5.16 Å². The fourth-order valence-electron chi connectivity index (χ4n) is 3.10. The minimum absolute atomic E-state index is 0.0346. The molecule has 0 heterocycles. The zero-order chi connectivity index (χ0) is 22.1. The first-order valence-corrected chi connectivity index (χ1v) is 10.4. The molecule has 0 saturated heterocycles. The van der Waals surface area contributed by atoms with Gasteiger partial charge in [-0.05, 0) is 41.3 Å². The summed E-state index contributed by atoms with van der Waals surface area (Å²) in [7, 11) is 0. The van der Waals surface area contributed by atoms with E-state index in [4.69, 9.17) is 26.3 Å². The van der Waals surface area contributed by atoms with E-state index < -0.39 is 5.97 Å². The summed E-state index contributed by atoms with van der Waals surface area (Å²) in [6.07, 6.45) is 0.691. The number of carbonyl (C=O) groups is 1. The number of halogens is 1. The number of hydrogen-bond donors (Lipinski definition) is 1. The van der Waals surface area contributed by atoms with Crippen LogP contribution < -0.4 is 4.74 Å². The smallest absolute Gasteiger partial charge is 0.307 e. The highest BCUT2D eigenvalue weighted by molar-refractivity contribution is 6.33. The quantitative estimate of drug-likeness (QED) is 0.245. The minimum atomic E-state index is -0.873. The molecule has 0 aliphatic carbocycles. The Balaban J connectivity index is 1.54. The van der Waals surface area contributed by atoms with Crippen LogP contribution in [0, 0.1) is 0 Å². The maximum Gasteiger partial charge on any atom is 0.307 e. The number of carboxylic acids is 1. The Labute approximate surface area is 186 Å². The highest BCUT2D eigenvalue weighted by Gasteiger charge is 2.06. The van der Waals surface area contributed by atoms with Gasteiger partial charge >= 0.3 is 5.97 Å². The predicted octanol–water partition coefficient (Wildman–Crippen LogP) is 5.84. The molecule has 31 heavy (non-hydrogen) atoms. The highest BCUT2D eigenvalue weighted by atomic mass is 35.5. The molecule has 0 amide bonds. The van der Waals surface area contributed by atoms with Gasteiger partial charge in [-0.2, -0.15) is 0 Å². The number of hydrogen-bond acceptors (Lipinski definition) is 4. The monoisotopic (exact) mass is 437 g/mol. The first-order valence-electron chi connectivity index (χ1n) is 10.0. The summed E-state index contributed by atoms with van der Waals surface area (Å²) in [5, 5.41) is 13.8. The molecule has 0 unspecified atom stereocenters. The normalized spacial score (nSPS) is 11.2. The van der Waals surface area contributed by atoms with Crippen LogP contribution in [0.5, 0.6) is 5.75 Å². The van der Waals surface area contributed by atoms with Gasteiger partial charge in [-0.15, -0.1) is 0 Å². The lowest BCUT2D eigenvalue weighted by Gasteiger charge is -2.09. The van der Waals surface area contributed by atoms with Crippen molar-refractivity contribution < 1.29 is 19.5 Å². The molecular weight excluding hydrogens is 414 g/mol. The lowest BCUT2D eigenvalue weighted by molar-refractivity contribution is -0.136. The van der Waals surface area contributed by atoms with Crippen LogP contribution in [0.25, 0.3) is 11.1 Å². The van der Waals surface area contributed by atoms with Crippen molar-refractivity contribution >= 4 is 23.3 Å². The molecule has 0 saturated carbocycles. The number of carboxylic acid groups (broad SMARTS) is 1. The standard InChI is InChI=1S/C25H24ClNO4/c1-2-24(20-12-10-19(11-13-20)22-8-3-4-9-23(22)26)27-31-15-14-30-21-7-5-6-18(16-21)17-25(28)29/h3-13,16H,2,14-15,17H2,1H3,(H,28,29)/b27-24+. The Hall–Kier alpha value is -3.31. The third-order valence-corrected chi connectivity index (χ3v) is 4.94. The Kier molecular flexibility index (Phi) is 8.07. The summed E-state index contributed by atoms with van der Waals surface area (Å²) in [6.45, 7) is 2.61. The van der Waals surface area contributed by atoms with Crippen LogP contribution >= 0.6 is 11.6 Å². The van der Waals surface area contributed by atoms with Crippen LogP contribution in [-0.2, 0) is 16.1 Å². The molecule has 3 aromatic rings. The number of nitrogens with zero attached hydrogens (tertiary/aromatic N) is 1. The average Bonchev–Trinajstić information content (AvgIpc) is 2.77. The van der Waals surface area contributed by atoms with E-state index in [0.29, 0.717) is 17.9 Å². The Morgan fingerprint density at radius 1 is 1.00 bits per heavy atom. The van der Waals surface area contributed by atoms with Crippen LogP contribution in [0.4, 0.5) is 0 Å². The molecule has 6 heteroatoms. The van der Waals surface area contributed by atoms with Gasteiger partial charge in [-0.3, -0.25) is 4.79 Å². The lowest BCUT2D eigenvalue weighted by Crippen LogP contribution is -2.07. The molecule has 0 aliphatic heterocycles. The third kappa shape index (κ3) is 6.59. The van der Waals surface area contributed by atoms with Crippen molar-refractivity contribution in [1.82, 2.24) is 0 Å². The van der Waals surface area contributed by atoms with E-state index in [-0.39, 0.29) is 13.0 Å². The molecule has 3 rings (SSSR count). The Morgan fingerprint density at radius 2 is 1.77 bits per heavy atom. The Bertz CT molecular complexity index is 1050. The second-order valence-electron chi connectivity index (χ2n) is 6.85. The first-order chi connectivity index (χ1) is 15.1. The topological polar surface area (TPSA) is 68.1 Å². The van der Waals surface area contributed by atoms with E-state index in [1.165, 1.54) is 0 Å². The van der Waals surface area contributed by atoms with E-state index in [1.807, 2.05) is 55.5 Å². The summed E-state index contributed by atoms with van der Waals surface area (Å²) >= 11 is 6.28. The lowest BCUT2D eigenvalue weighted by atomic mass is 10.0. The van der Waals surface area contributed by atoms with Crippen LogP contribution in [0.2, 0.25) is 5.02 Å². The summed E-state index contributed by atoms with van der Waals surface area (Å²) in [5.41, 5.74) is 4.56. The van der Waals surface area contributed by atoms with Crippen molar-refractivity contribution in [2.75, 3.05) is 13.2 Å². The molecule has 160 valence electrons. The third-order valence-electron chi connectivity index (χ3n) is 4.61. The van der Waals surface area contributed by atoms with Gasteiger partial charge in [0.1, 0.15) is 12.4 Å². The van der Waals surface area contributed by atoms with Gasteiger partial charge in [0.05, 0.1) is 12.1 Å². The van der Waals surface area contributed by atoms with Crippen LogP contribution in [0.1, 0.15) is 24.5 Å². The second kappa shape index (κ2) is 11.2. The molecule has 1 N–H and O–H groups in total. The average molecular weight is 438 g/mol. The minimum Gasteiger partial charge on any atom is -0.490 e. The van der Waals surface area contributed by atoms with Crippen molar-refractivity contribution in [1.29, 1.82) is 0 Å². The maximum absolute atomic E-state index is 10.8. The van der Waals surface area contributed by atoms with E-state index in [0.717, 1.165) is 33.8 Å². The molecule has 5 nitrogen and oxygen atoms in total. The number of ether oxygens (including phenoxy) is 1. The molecule has 0 aliphatic rings. The molecular formula is C25H24ClNO4. The molecule has 0 aromatic heterocycles. The summed E-state index contributed by atoms with van der Waals surface area (Å²) in [6, 6.07) is 22.8. The summed E-state index contributed by atoms with van der Waals surface area (Å²) < 4.78 is 5.63. The maximum atomic E-state index is 10.8. The largest absolute Gasteiger partial charge is 0.490 e. The van der Waals surface area contributed by atoms with Gasteiger partial charge in [0.2, 0.25) is 0 Å². The Morgan fingerprint density at radius 3 is 2.48 bits per heavy atom. The van der Waals surface area contributed by atoms with Crippen LogP contribution in [-0.4, -0.2) is 30.0 Å². The molecule has 0 bridgehead atoms. The van der Waals surface area contributed by atoms with Crippen molar-refractivity contribution in [3.05, 3.63) is 88.9 Å². The number of oxime groups is 1. The molecule has 0 atom stereocenters. The van der Waals surface area contributed by atoms with Gasteiger partial charge in [-0.1, -0.05) is 78.3 Å². The van der Waals surface area contributed by atoms with Crippen molar-refractivity contribution in [3.8, 4) is 16.9 Å². The van der Waals surface area contributed by atoms with Crippen molar-refractivity contribution in [2.45, 2.75) is 19.8 Å². The predicted molar refractivity (Wildman–Crippen MR) is 123 cm³/mol. The van der Waals surface area contributed by atoms with Gasteiger partial charge in [-0.25, -0.2) is 0 Å². The van der Waals surface area contributed by atoms with E-state index in [9.17, 15) is 4.79 Å². The number of aliphatic carboxylic acids is 1. The zero-order valence-electron chi connectivity index (χ0n) is 17.3. The fraction of sp³-hybridized carbons (Fsp3) is 0.200. The zero-order valence-corrected chi connectivity index (χ0v) is 18.0. The second-order valence-corrected chi connectivity index (χ2v) is 7.26. The molecule has 0 radical (unpaired) electrons. The van der Waals surface area contributed by atoms with Crippen molar-refractivity contribution in [3.63, 3.8) is 0 Å². The molecule has 0 fully saturated rings. The van der Waals surface area contributed by atoms with E-state index >= 15 is 0 Å². The van der Waals surface area contributed by atoms with Gasteiger partial charge in [0.15, 0.2) is 6.61 Å². The number of rotatable bonds is 10. The van der Waals surface area contributed by atoms with Gasteiger partial charge in [0.25, 0.3) is 0 Å². The fourth-order valence-corrected chi connectivity index (χ4v) is 3.34.